The summed E-state index contributed by atoms with van der Waals surface area (Å²) in [6.07, 6.45) is 2.40. The van der Waals surface area contributed by atoms with E-state index >= 15 is 0 Å². The fourth-order valence-corrected chi connectivity index (χ4v) is 4.10. The molecule has 0 fully saturated rings. The van der Waals surface area contributed by atoms with E-state index in [1.807, 2.05) is 0 Å². The van der Waals surface area contributed by atoms with Crippen molar-refractivity contribution in [2.45, 2.75) is 23.4 Å². The third kappa shape index (κ3) is 6.94. The van der Waals surface area contributed by atoms with Crippen molar-refractivity contribution in [2.24, 2.45) is 0 Å². The van der Waals surface area contributed by atoms with Crippen LogP contribution in [-0.4, -0.2) is 52.4 Å². The third-order valence-corrected chi connectivity index (χ3v) is 6.08. The molecular formula is C21H20ClFN4O6S. The normalized spacial score (nSPS) is 11.2. The predicted octanol–water partition coefficient (Wildman–Crippen LogP) is 2.63. The second kappa shape index (κ2) is 11.5. The van der Waals surface area contributed by atoms with Gasteiger partial charge >= 0.3 is 11.9 Å². The van der Waals surface area contributed by atoms with Gasteiger partial charge in [0.25, 0.3) is 0 Å². The van der Waals surface area contributed by atoms with E-state index in [9.17, 15) is 22.4 Å². The van der Waals surface area contributed by atoms with Crippen LogP contribution in [0.15, 0.2) is 64.7 Å². The lowest BCUT2D eigenvalue weighted by atomic mass is 10.3. The first-order chi connectivity index (χ1) is 15.9. The van der Waals surface area contributed by atoms with Gasteiger partial charge in [0.2, 0.25) is 9.84 Å². The molecule has 0 spiro atoms. The minimum atomic E-state index is -3.93. The van der Waals surface area contributed by atoms with E-state index in [1.165, 1.54) is 30.5 Å². The van der Waals surface area contributed by atoms with Crippen molar-refractivity contribution in [3.63, 3.8) is 0 Å². The number of nitrogens with one attached hydrogen (secondary N) is 1. The van der Waals surface area contributed by atoms with Crippen LogP contribution in [0.2, 0.25) is 5.02 Å². The van der Waals surface area contributed by atoms with Crippen LogP contribution in [0.3, 0.4) is 0 Å². The summed E-state index contributed by atoms with van der Waals surface area (Å²) < 4.78 is 41.0. The molecular weight excluding hydrogens is 491 g/mol. The van der Waals surface area contributed by atoms with Gasteiger partial charge in [0.1, 0.15) is 5.82 Å². The van der Waals surface area contributed by atoms with Gasteiger partial charge in [0.15, 0.2) is 5.03 Å². The molecule has 0 saturated heterocycles. The third-order valence-electron chi connectivity index (χ3n) is 4.06. The average molecular weight is 511 g/mol. The van der Waals surface area contributed by atoms with Crippen LogP contribution in [0.4, 0.5) is 4.39 Å². The number of aromatic nitrogens is 3. The Labute approximate surface area is 199 Å². The molecule has 0 unspecified atom stereocenters. The van der Waals surface area contributed by atoms with Gasteiger partial charge in [-0.3, -0.25) is 4.98 Å². The number of carboxylic acid groups (broad SMARTS) is 2. The Bertz CT molecular complexity index is 1310. The number of benzene rings is 1. The molecule has 0 atom stereocenters. The molecule has 0 bridgehead atoms. The molecule has 0 aliphatic rings. The minimum Gasteiger partial charge on any atom is -0.478 e. The maximum atomic E-state index is 13.7. The lowest BCUT2D eigenvalue weighted by Gasteiger charge is -2.10. The molecule has 1 aromatic carbocycles. The first-order valence-corrected chi connectivity index (χ1v) is 11.3. The van der Waals surface area contributed by atoms with Gasteiger partial charge in [-0.1, -0.05) is 11.6 Å². The predicted molar refractivity (Wildman–Crippen MR) is 120 cm³/mol. The number of halogens is 2. The first-order valence-electron chi connectivity index (χ1n) is 9.46. The molecule has 10 nitrogen and oxygen atoms in total. The number of hydrogen-bond donors (Lipinski definition) is 3. The number of sulfone groups is 1. The Kier molecular flexibility index (Phi) is 9.01. The van der Waals surface area contributed by atoms with Gasteiger partial charge in [-0.15, -0.1) is 0 Å². The van der Waals surface area contributed by atoms with Gasteiger partial charge in [-0.25, -0.2) is 27.1 Å². The summed E-state index contributed by atoms with van der Waals surface area (Å²) in [6, 6.07) is 8.21. The van der Waals surface area contributed by atoms with E-state index < -0.39 is 27.6 Å². The standard InChI is InChI=1S/C17H16ClFN4O2S.C4H4O4/c1-11-3-5-14(10-21-11)26(24,25)17-8-13(9-20-2)22-23(17)16-7-12(19)4-6-15(16)18;5-3(6)1-2-4(7)8/h3-8,10,20H,9H2,1-2H3;1-2H,(H,5,6)(H,7,8). The monoisotopic (exact) mass is 510 g/mol. The Morgan fingerprint density at radius 3 is 2.32 bits per heavy atom. The van der Waals surface area contributed by atoms with Gasteiger partial charge in [0, 0.05) is 42.7 Å². The molecule has 0 radical (unpaired) electrons. The lowest BCUT2D eigenvalue weighted by molar-refractivity contribution is -0.134. The van der Waals surface area contributed by atoms with Gasteiger partial charge in [-0.05, 0) is 38.2 Å². The fourth-order valence-electron chi connectivity index (χ4n) is 2.57. The first kappa shape index (κ1) is 26.6. The quantitative estimate of drug-likeness (QED) is 0.407. The van der Waals surface area contributed by atoms with Crippen LogP contribution in [0.1, 0.15) is 11.4 Å². The van der Waals surface area contributed by atoms with Crippen molar-refractivity contribution in [2.75, 3.05) is 7.05 Å². The highest BCUT2D eigenvalue weighted by Crippen LogP contribution is 2.28. The van der Waals surface area contributed by atoms with Crippen LogP contribution in [0.25, 0.3) is 5.69 Å². The van der Waals surface area contributed by atoms with Gasteiger partial charge < -0.3 is 15.5 Å². The fraction of sp³-hybridized carbons (Fsp3) is 0.143. The molecule has 34 heavy (non-hydrogen) atoms. The van der Waals surface area contributed by atoms with Crippen molar-refractivity contribution in [1.29, 1.82) is 0 Å². The van der Waals surface area contributed by atoms with Crippen LogP contribution >= 0.6 is 11.6 Å². The number of carbonyl (C=O) groups is 2. The van der Waals surface area contributed by atoms with Crippen molar-refractivity contribution >= 4 is 33.4 Å². The smallest absolute Gasteiger partial charge is 0.328 e. The zero-order valence-corrected chi connectivity index (χ0v) is 19.5. The molecule has 2 heterocycles. The highest BCUT2D eigenvalue weighted by Gasteiger charge is 2.26. The summed E-state index contributed by atoms with van der Waals surface area (Å²) in [6.45, 7) is 2.10. The summed E-state index contributed by atoms with van der Waals surface area (Å²) in [7, 11) is -2.22. The molecule has 3 rings (SSSR count). The molecule has 2 aromatic heterocycles. The number of carboxylic acids is 2. The van der Waals surface area contributed by atoms with Crippen molar-refractivity contribution in [1.82, 2.24) is 20.1 Å². The zero-order valence-electron chi connectivity index (χ0n) is 17.9. The van der Waals surface area contributed by atoms with E-state index in [0.717, 1.165) is 10.7 Å². The Morgan fingerprint density at radius 2 is 1.79 bits per heavy atom. The molecule has 3 N–H and O–H groups in total. The Morgan fingerprint density at radius 1 is 1.15 bits per heavy atom. The van der Waals surface area contributed by atoms with E-state index in [1.54, 1.807) is 20.0 Å². The summed E-state index contributed by atoms with van der Waals surface area (Å²) in [4.78, 5) is 23.2. The minimum absolute atomic E-state index is 0.0211. The van der Waals surface area contributed by atoms with E-state index in [2.05, 4.69) is 15.4 Å². The number of nitrogens with zero attached hydrogens (tertiary/aromatic N) is 3. The highest BCUT2D eigenvalue weighted by molar-refractivity contribution is 7.91. The maximum absolute atomic E-state index is 13.7. The van der Waals surface area contributed by atoms with Gasteiger partial charge in [0.05, 0.1) is 21.3 Å². The topological polar surface area (TPSA) is 151 Å². The Balaban J connectivity index is 0.000000440. The van der Waals surface area contributed by atoms with Crippen molar-refractivity contribution < 1.29 is 32.6 Å². The van der Waals surface area contributed by atoms with Gasteiger partial charge in [-0.2, -0.15) is 5.10 Å². The zero-order chi connectivity index (χ0) is 25.5. The summed E-state index contributed by atoms with van der Waals surface area (Å²) in [5.41, 5.74) is 1.32. The molecule has 180 valence electrons. The second-order valence-electron chi connectivity index (χ2n) is 6.66. The number of hydrogen-bond acceptors (Lipinski definition) is 7. The summed E-state index contributed by atoms with van der Waals surface area (Å²) in [5, 5.41) is 22.9. The molecule has 0 aliphatic heterocycles. The molecule has 0 aliphatic carbocycles. The van der Waals surface area contributed by atoms with Crippen LogP contribution < -0.4 is 5.32 Å². The number of pyridine rings is 1. The Hall–Kier alpha value is -3.61. The van der Waals surface area contributed by atoms with Crippen LogP contribution in [0, 0.1) is 12.7 Å². The molecule has 0 amide bonds. The second-order valence-corrected chi connectivity index (χ2v) is 8.96. The van der Waals surface area contributed by atoms with Crippen molar-refractivity contribution in [3.05, 3.63) is 77.0 Å². The highest BCUT2D eigenvalue weighted by atomic mass is 35.5. The number of aryl methyl sites for hydroxylation is 1. The van der Waals surface area contributed by atoms with Crippen molar-refractivity contribution in [3.8, 4) is 5.69 Å². The SMILES string of the molecule is CNCc1cc(S(=O)(=O)c2ccc(C)nc2)n(-c2cc(F)ccc2Cl)n1.O=C(O)C=CC(=O)O. The van der Waals surface area contributed by atoms with Crippen LogP contribution in [-0.2, 0) is 26.0 Å². The molecule has 13 heteroatoms. The summed E-state index contributed by atoms with van der Waals surface area (Å²) in [5.74, 6) is -3.06. The van der Waals surface area contributed by atoms with E-state index in [-0.39, 0.29) is 20.6 Å². The molecule has 0 saturated carbocycles. The number of aliphatic carboxylic acids is 2. The number of rotatable bonds is 7. The van der Waals surface area contributed by atoms with E-state index in [4.69, 9.17) is 21.8 Å². The largest absolute Gasteiger partial charge is 0.478 e. The lowest BCUT2D eigenvalue weighted by Crippen LogP contribution is -2.11. The maximum Gasteiger partial charge on any atom is 0.328 e. The van der Waals surface area contributed by atoms with Crippen LogP contribution in [0.5, 0.6) is 0 Å². The average Bonchev–Trinajstić information content (AvgIpc) is 3.19. The molecule has 3 aromatic rings. The summed E-state index contributed by atoms with van der Waals surface area (Å²) >= 11 is 6.16. The van der Waals surface area contributed by atoms with E-state index in [0.29, 0.717) is 30.1 Å².